The van der Waals surface area contributed by atoms with Crippen LogP contribution in [-0.4, -0.2) is 50.6 Å². The molecule has 2 rings (SSSR count). The Morgan fingerprint density at radius 3 is 2.74 bits per heavy atom. The van der Waals surface area contributed by atoms with Crippen LogP contribution in [0.5, 0.6) is 0 Å². The molecular weight excluding hydrogens is 286 g/mol. The van der Waals surface area contributed by atoms with Gasteiger partial charge in [0.05, 0.1) is 5.92 Å². The second-order valence-corrected chi connectivity index (χ2v) is 7.60. The molecule has 1 aromatic rings. The standard InChI is InChI=1S/C19H31N3O/c1-19(2,12-8-13-21(3)4)20-18(23)16-11-14-22(5)17-10-7-6-9-15(16)17/h6-7,9-10,16H,8,11-14H2,1-5H3,(H,20,23). The van der Waals surface area contributed by atoms with E-state index in [2.05, 4.69) is 62.2 Å². The zero-order valence-electron chi connectivity index (χ0n) is 15.2. The fourth-order valence-corrected chi connectivity index (χ4v) is 3.32. The zero-order valence-corrected chi connectivity index (χ0v) is 15.2. The van der Waals surface area contributed by atoms with Crippen molar-refractivity contribution in [2.24, 2.45) is 0 Å². The smallest absolute Gasteiger partial charge is 0.228 e. The SMILES string of the molecule is CN(C)CCCC(C)(C)NC(=O)C1CCN(C)c2ccccc21. The van der Waals surface area contributed by atoms with Crippen LogP contribution in [0.4, 0.5) is 5.69 Å². The van der Waals surface area contributed by atoms with E-state index in [9.17, 15) is 4.79 Å². The maximum atomic E-state index is 12.8. The predicted octanol–water partition coefficient (Wildman–Crippen LogP) is 2.85. The Hall–Kier alpha value is -1.55. The van der Waals surface area contributed by atoms with Crippen LogP contribution in [0.1, 0.15) is 44.6 Å². The van der Waals surface area contributed by atoms with Crippen LogP contribution in [0.3, 0.4) is 0 Å². The molecule has 0 bridgehead atoms. The molecule has 1 aliphatic rings. The first-order valence-electron chi connectivity index (χ1n) is 8.57. The van der Waals surface area contributed by atoms with Crippen molar-refractivity contribution >= 4 is 11.6 Å². The minimum Gasteiger partial charge on any atom is -0.374 e. The highest BCUT2D eigenvalue weighted by Gasteiger charge is 2.31. The number of hydrogen-bond donors (Lipinski definition) is 1. The normalized spacial score (nSPS) is 18.0. The summed E-state index contributed by atoms with van der Waals surface area (Å²) in [7, 11) is 6.26. The maximum absolute atomic E-state index is 12.8. The average molecular weight is 317 g/mol. The van der Waals surface area contributed by atoms with Gasteiger partial charge in [0.2, 0.25) is 5.91 Å². The molecule has 4 nitrogen and oxygen atoms in total. The van der Waals surface area contributed by atoms with Crippen molar-refractivity contribution < 1.29 is 4.79 Å². The second kappa shape index (κ2) is 7.35. The quantitative estimate of drug-likeness (QED) is 0.876. The van der Waals surface area contributed by atoms with Gasteiger partial charge in [0.15, 0.2) is 0 Å². The lowest BCUT2D eigenvalue weighted by Gasteiger charge is -2.35. The minimum absolute atomic E-state index is 0.0319. The summed E-state index contributed by atoms with van der Waals surface area (Å²) in [6.07, 6.45) is 2.96. The lowest BCUT2D eigenvalue weighted by Crippen LogP contribution is -2.47. The van der Waals surface area contributed by atoms with Crippen molar-refractivity contribution in [1.29, 1.82) is 0 Å². The molecule has 0 saturated carbocycles. The number of anilines is 1. The van der Waals surface area contributed by atoms with Crippen LogP contribution in [-0.2, 0) is 4.79 Å². The Bertz CT molecular complexity index is 539. The molecule has 0 spiro atoms. The third-order valence-corrected chi connectivity index (χ3v) is 4.66. The van der Waals surface area contributed by atoms with Gasteiger partial charge in [-0.15, -0.1) is 0 Å². The van der Waals surface area contributed by atoms with Crippen LogP contribution in [0.25, 0.3) is 0 Å². The van der Waals surface area contributed by atoms with Gasteiger partial charge in [0.25, 0.3) is 0 Å². The van der Waals surface area contributed by atoms with Crippen molar-refractivity contribution in [1.82, 2.24) is 10.2 Å². The van der Waals surface area contributed by atoms with E-state index >= 15 is 0 Å². The summed E-state index contributed by atoms with van der Waals surface area (Å²) in [5.41, 5.74) is 2.18. The predicted molar refractivity (Wildman–Crippen MR) is 97.1 cm³/mol. The lowest BCUT2D eigenvalue weighted by atomic mass is 9.88. The van der Waals surface area contributed by atoms with Crippen molar-refractivity contribution in [3.05, 3.63) is 29.8 Å². The van der Waals surface area contributed by atoms with E-state index in [1.807, 2.05) is 12.1 Å². The third-order valence-electron chi connectivity index (χ3n) is 4.66. The molecule has 23 heavy (non-hydrogen) atoms. The first-order valence-corrected chi connectivity index (χ1v) is 8.57. The van der Waals surface area contributed by atoms with Gasteiger partial charge in [-0.3, -0.25) is 4.79 Å². The van der Waals surface area contributed by atoms with E-state index in [1.54, 1.807) is 0 Å². The van der Waals surface area contributed by atoms with Crippen LogP contribution in [0, 0.1) is 0 Å². The Morgan fingerprint density at radius 1 is 1.35 bits per heavy atom. The van der Waals surface area contributed by atoms with Gasteiger partial charge in [-0.1, -0.05) is 18.2 Å². The Kier molecular flexibility index (Phi) is 5.69. The molecule has 0 aromatic heterocycles. The number of rotatable bonds is 6. The van der Waals surface area contributed by atoms with E-state index < -0.39 is 0 Å². The van der Waals surface area contributed by atoms with E-state index in [-0.39, 0.29) is 17.4 Å². The fourth-order valence-electron chi connectivity index (χ4n) is 3.32. The number of carbonyl (C=O) groups excluding carboxylic acids is 1. The number of para-hydroxylation sites is 1. The van der Waals surface area contributed by atoms with Crippen LogP contribution in [0.15, 0.2) is 24.3 Å². The summed E-state index contributed by atoms with van der Waals surface area (Å²) < 4.78 is 0. The molecule has 128 valence electrons. The number of fused-ring (bicyclic) bond motifs is 1. The monoisotopic (exact) mass is 317 g/mol. The summed E-state index contributed by atoms with van der Waals surface area (Å²) in [6.45, 7) is 6.23. The number of nitrogens with zero attached hydrogens (tertiary/aromatic N) is 2. The van der Waals surface area contributed by atoms with Crippen molar-refractivity contribution in [3.8, 4) is 0 Å². The summed E-state index contributed by atoms with van der Waals surface area (Å²) >= 11 is 0. The first-order chi connectivity index (χ1) is 10.8. The zero-order chi connectivity index (χ0) is 17.0. The molecule has 4 heteroatoms. The molecule has 0 aliphatic carbocycles. The number of carbonyl (C=O) groups is 1. The molecule has 1 aliphatic heterocycles. The molecule has 0 fully saturated rings. The Morgan fingerprint density at radius 2 is 2.04 bits per heavy atom. The highest BCUT2D eigenvalue weighted by Crippen LogP contribution is 2.34. The minimum atomic E-state index is -0.161. The fraction of sp³-hybridized carbons (Fsp3) is 0.632. The first kappa shape index (κ1) is 17.8. The molecular formula is C19H31N3O. The van der Waals surface area contributed by atoms with E-state index in [4.69, 9.17) is 0 Å². The van der Waals surface area contributed by atoms with Crippen LogP contribution >= 0.6 is 0 Å². The lowest BCUT2D eigenvalue weighted by molar-refractivity contribution is -0.124. The van der Waals surface area contributed by atoms with Crippen molar-refractivity contribution in [3.63, 3.8) is 0 Å². The van der Waals surface area contributed by atoms with E-state index in [0.717, 1.165) is 37.9 Å². The summed E-state index contributed by atoms with van der Waals surface area (Å²) in [6, 6.07) is 8.27. The maximum Gasteiger partial charge on any atom is 0.228 e. The molecule has 1 atom stereocenters. The number of benzene rings is 1. The van der Waals surface area contributed by atoms with Gasteiger partial charge >= 0.3 is 0 Å². The molecule has 1 aromatic carbocycles. The van der Waals surface area contributed by atoms with Gasteiger partial charge < -0.3 is 15.1 Å². The van der Waals surface area contributed by atoms with Gasteiger partial charge in [0.1, 0.15) is 0 Å². The van der Waals surface area contributed by atoms with Crippen LogP contribution < -0.4 is 10.2 Å². The largest absolute Gasteiger partial charge is 0.374 e. The Balaban J connectivity index is 2.02. The number of nitrogens with one attached hydrogen (secondary N) is 1. The highest BCUT2D eigenvalue weighted by atomic mass is 16.2. The third kappa shape index (κ3) is 4.71. The van der Waals surface area contributed by atoms with Gasteiger partial charge in [-0.2, -0.15) is 0 Å². The van der Waals surface area contributed by atoms with Gasteiger partial charge in [-0.25, -0.2) is 0 Å². The summed E-state index contributed by atoms with van der Waals surface area (Å²) in [4.78, 5) is 17.3. The van der Waals surface area contributed by atoms with E-state index in [0.29, 0.717) is 0 Å². The Labute approximate surface area is 140 Å². The molecule has 0 radical (unpaired) electrons. The van der Waals surface area contributed by atoms with Gasteiger partial charge in [0, 0.05) is 24.8 Å². The molecule has 1 heterocycles. The number of amides is 1. The molecule has 1 N–H and O–H groups in total. The molecule has 1 unspecified atom stereocenters. The molecule has 1 amide bonds. The van der Waals surface area contributed by atoms with Crippen molar-refractivity contribution in [2.75, 3.05) is 39.1 Å². The van der Waals surface area contributed by atoms with E-state index in [1.165, 1.54) is 5.69 Å². The molecule has 0 saturated heterocycles. The highest BCUT2D eigenvalue weighted by molar-refractivity contribution is 5.87. The number of hydrogen-bond acceptors (Lipinski definition) is 3. The topological polar surface area (TPSA) is 35.6 Å². The summed E-state index contributed by atoms with van der Waals surface area (Å²) in [5.74, 6) is 0.135. The summed E-state index contributed by atoms with van der Waals surface area (Å²) in [5, 5.41) is 3.28. The van der Waals surface area contributed by atoms with Crippen molar-refractivity contribution in [2.45, 2.75) is 44.6 Å². The van der Waals surface area contributed by atoms with Crippen LogP contribution in [0.2, 0.25) is 0 Å². The second-order valence-electron chi connectivity index (χ2n) is 7.60. The average Bonchev–Trinajstić information content (AvgIpc) is 2.46. The van der Waals surface area contributed by atoms with Gasteiger partial charge in [-0.05, 0) is 65.4 Å².